The number of aliphatic hydroxyl groups excluding tert-OH is 1. The van der Waals surface area contributed by atoms with Crippen molar-refractivity contribution in [3.05, 3.63) is 42.0 Å². The molecule has 0 radical (unpaired) electrons. The average molecular weight is 350 g/mol. The summed E-state index contributed by atoms with van der Waals surface area (Å²) in [5, 5.41) is 17.3. The average Bonchev–Trinajstić information content (AvgIpc) is 3.25. The minimum atomic E-state index is -0.0670. The van der Waals surface area contributed by atoms with Crippen LogP contribution in [0.4, 0.5) is 5.82 Å². The second-order valence-electron chi connectivity index (χ2n) is 7.40. The summed E-state index contributed by atoms with van der Waals surface area (Å²) in [5.41, 5.74) is 10.6. The lowest BCUT2D eigenvalue weighted by molar-refractivity contribution is 0.277. The van der Waals surface area contributed by atoms with Gasteiger partial charge in [0.05, 0.1) is 18.5 Å². The van der Waals surface area contributed by atoms with Crippen LogP contribution in [-0.2, 0) is 6.61 Å². The molecule has 7 heteroatoms. The Kier molecular flexibility index (Phi) is 3.65. The topological polar surface area (TPSA) is 101 Å². The van der Waals surface area contributed by atoms with Crippen molar-refractivity contribution in [2.45, 2.75) is 50.3 Å². The van der Waals surface area contributed by atoms with Gasteiger partial charge in [-0.25, -0.2) is 4.98 Å². The molecule has 0 saturated carbocycles. The fraction of sp³-hybridized carbons (Fsp3) is 0.421. The molecule has 5 rings (SSSR count). The number of piperidine rings is 1. The summed E-state index contributed by atoms with van der Waals surface area (Å²) in [4.78, 5) is 9.22. The van der Waals surface area contributed by atoms with Gasteiger partial charge in [0.25, 0.3) is 0 Å². The molecule has 7 nitrogen and oxygen atoms in total. The zero-order valence-corrected chi connectivity index (χ0v) is 14.5. The lowest BCUT2D eigenvalue weighted by Gasteiger charge is -2.28. The van der Waals surface area contributed by atoms with Gasteiger partial charge in [-0.2, -0.15) is 9.61 Å². The highest BCUT2D eigenvalue weighted by Crippen LogP contribution is 2.37. The van der Waals surface area contributed by atoms with E-state index in [9.17, 15) is 5.11 Å². The third-order valence-electron chi connectivity index (χ3n) is 5.71. The van der Waals surface area contributed by atoms with E-state index in [-0.39, 0.29) is 6.61 Å². The van der Waals surface area contributed by atoms with Gasteiger partial charge in [0, 0.05) is 47.1 Å². The Morgan fingerprint density at radius 2 is 2.00 bits per heavy atom. The maximum Gasteiger partial charge on any atom is 0.165 e. The number of anilines is 1. The highest BCUT2D eigenvalue weighted by atomic mass is 16.3. The molecule has 0 aromatic carbocycles. The fourth-order valence-electron chi connectivity index (χ4n) is 4.39. The van der Waals surface area contributed by atoms with E-state index >= 15 is 0 Å². The molecule has 2 saturated heterocycles. The summed E-state index contributed by atoms with van der Waals surface area (Å²) in [6, 6.07) is 6.95. The molecule has 3 aromatic heterocycles. The summed E-state index contributed by atoms with van der Waals surface area (Å²) in [5.74, 6) is 1.06. The molecule has 4 N–H and O–H groups in total. The Labute approximate surface area is 151 Å². The summed E-state index contributed by atoms with van der Waals surface area (Å²) < 4.78 is 1.69. The number of nitrogen functional groups attached to an aromatic ring is 1. The standard InChI is InChI=1S/C19H22N6O/c20-18-7-17(12-5-13-3-4-14(6-12)23-13)24-19-16(9-22-25(18)19)11-1-2-15(10-26)21-8-11/h1-2,7-9,12-14,23,26H,3-6,10,20H2/t12?,13-,14?/m0/s1. The smallest absolute Gasteiger partial charge is 0.165 e. The van der Waals surface area contributed by atoms with Crippen molar-refractivity contribution < 1.29 is 5.11 Å². The van der Waals surface area contributed by atoms with Gasteiger partial charge in [0.15, 0.2) is 5.65 Å². The first-order valence-electron chi connectivity index (χ1n) is 9.17. The lowest BCUT2D eigenvalue weighted by atomic mass is 9.89. The quantitative estimate of drug-likeness (QED) is 0.666. The van der Waals surface area contributed by atoms with E-state index in [4.69, 9.17) is 10.7 Å². The number of aliphatic hydroxyl groups is 1. The van der Waals surface area contributed by atoms with Crippen molar-refractivity contribution in [1.29, 1.82) is 0 Å². The van der Waals surface area contributed by atoms with E-state index in [0.717, 1.165) is 35.3 Å². The van der Waals surface area contributed by atoms with Crippen molar-refractivity contribution in [1.82, 2.24) is 24.9 Å². The number of hydrogen-bond acceptors (Lipinski definition) is 6. The first-order chi connectivity index (χ1) is 12.7. The third-order valence-corrected chi connectivity index (χ3v) is 5.71. The van der Waals surface area contributed by atoms with Crippen LogP contribution >= 0.6 is 0 Å². The predicted octanol–water partition coefficient (Wildman–Crippen LogP) is 1.86. The molecule has 2 aliphatic heterocycles. The Morgan fingerprint density at radius 3 is 2.69 bits per heavy atom. The SMILES string of the molecule is Nc1cc(C2CC3CC[C@@H](C2)N3)nc2c(-c3ccc(CO)nc3)cnn12. The van der Waals surface area contributed by atoms with Gasteiger partial charge in [0.1, 0.15) is 5.82 Å². The highest BCUT2D eigenvalue weighted by molar-refractivity contribution is 5.77. The second kappa shape index (κ2) is 6.03. The summed E-state index contributed by atoms with van der Waals surface area (Å²) >= 11 is 0. The van der Waals surface area contributed by atoms with Crippen LogP contribution in [-0.4, -0.2) is 36.8 Å². The van der Waals surface area contributed by atoms with Gasteiger partial charge in [-0.3, -0.25) is 4.98 Å². The molecule has 5 heterocycles. The Bertz CT molecular complexity index is 939. The largest absolute Gasteiger partial charge is 0.390 e. The van der Waals surface area contributed by atoms with E-state index in [2.05, 4.69) is 15.4 Å². The Morgan fingerprint density at radius 1 is 1.19 bits per heavy atom. The number of nitrogens with one attached hydrogen (secondary N) is 1. The number of nitrogens with two attached hydrogens (primary N) is 1. The summed E-state index contributed by atoms with van der Waals surface area (Å²) in [7, 11) is 0. The molecular formula is C19H22N6O. The summed E-state index contributed by atoms with van der Waals surface area (Å²) in [6.07, 6.45) is 8.30. The first kappa shape index (κ1) is 15.7. The molecule has 0 amide bonds. The van der Waals surface area contributed by atoms with Gasteiger partial charge in [0.2, 0.25) is 0 Å². The zero-order valence-electron chi connectivity index (χ0n) is 14.5. The first-order valence-corrected chi connectivity index (χ1v) is 9.17. The molecular weight excluding hydrogens is 328 g/mol. The predicted molar refractivity (Wildman–Crippen MR) is 98.5 cm³/mol. The van der Waals surface area contributed by atoms with Gasteiger partial charge >= 0.3 is 0 Å². The number of pyridine rings is 1. The van der Waals surface area contributed by atoms with Gasteiger partial charge in [-0.05, 0) is 31.7 Å². The molecule has 0 spiro atoms. The van der Waals surface area contributed by atoms with E-state index in [1.54, 1.807) is 16.9 Å². The lowest BCUT2D eigenvalue weighted by Crippen LogP contribution is -2.37. The van der Waals surface area contributed by atoms with E-state index in [1.807, 2.05) is 18.2 Å². The number of nitrogens with zero attached hydrogens (tertiary/aromatic N) is 4. The fourth-order valence-corrected chi connectivity index (χ4v) is 4.39. The molecule has 0 aliphatic carbocycles. The van der Waals surface area contributed by atoms with Crippen molar-refractivity contribution in [3.63, 3.8) is 0 Å². The molecule has 2 unspecified atom stereocenters. The van der Waals surface area contributed by atoms with Crippen LogP contribution < -0.4 is 11.1 Å². The van der Waals surface area contributed by atoms with Crippen molar-refractivity contribution in [3.8, 4) is 11.1 Å². The normalized spacial score (nSPS) is 25.0. The molecule has 134 valence electrons. The van der Waals surface area contributed by atoms with Gasteiger partial charge in [-0.1, -0.05) is 6.07 Å². The van der Waals surface area contributed by atoms with Crippen LogP contribution in [0.5, 0.6) is 0 Å². The number of rotatable bonds is 3. The maximum atomic E-state index is 9.18. The van der Waals surface area contributed by atoms with Crippen LogP contribution in [0.2, 0.25) is 0 Å². The van der Waals surface area contributed by atoms with E-state index in [1.165, 1.54) is 12.8 Å². The highest BCUT2D eigenvalue weighted by Gasteiger charge is 2.35. The molecule has 3 aromatic rings. The molecule has 3 atom stereocenters. The van der Waals surface area contributed by atoms with Crippen LogP contribution in [0.25, 0.3) is 16.8 Å². The number of fused-ring (bicyclic) bond motifs is 3. The third kappa shape index (κ3) is 2.55. The Balaban J connectivity index is 1.57. The van der Waals surface area contributed by atoms with Crippen molar-refractivity contribution in [2.24, 2.45) is 0 Å². The van der Waals surface area contributed by atoms with Crippen LogP contribution in [0.1, 0.15) is 43.0 Å². The Hall–Kier alpha value is -2.51. The van der Waals surface area contributed by atoms with Crippen LogP contribution in [0.3, 0.4) is 0 Å². The van der Waals surface area contributed by atoms with Crippen molar-refractivity contribution in [2.75, 3.05) is 5.73 Å². The van der Waals surface area contributed by atoms with Crippen molar-refractivity contribution >= 4 is 11.5 Å². The van der Waals surface area contributed by atoms with Crippen LogP contribution in [0, 0.1) is 0 Å². The number of aromatic nitrogens is 4. The van der Waals surface area contributed by atoms with Gasteiger partial charge < -0.3 is 16.2 Å². The maximum absolute atomic E-state index is 9.18. The van der Waals surface area contributed by atoms with E-state index < -0.39 is 0 Å². The van der Waals surface area contributed by atoms with E-state index in [0.29, 0.717) is 29.5 Å². The number of hydrogen-bond donors (Lipinski definition) is 3. The second-order valence-corrected chi connectivity index (χ2v) is 7.40. The monoisotopic (exact) mass is 350 g/mol. The molecule has 2 bridgehead atoms. The minimum absolute atomic E-state index is 0.0670. The zero-order chi connectivity index (χ0) is 17.7. The minimum Gasteiger partial charge on any atom is -0.390 e. The molecule has 2 fully saturated rings. The molecule has 2 aliphatic rings. The molecule has 26 heavy (non-hydrogen) atoms. The summed E-state index contributed by atoms with van der Waals surface area (Å²) in [6.45, 7) is -0.0670. The van der Waals surface area contributed by atoms with Gasteiger partial charge in [-0.15, -0.1) is 0 Å². The van der Waals surface area contributed by atoms with Crippen LogP contribution in [0.15, 0.2) is 30.6 Å².